The van der Waals surface area contributed by atoms with Crippen LogP contribution in [0.25, 0.3) is 5.82 Å². The van der Waals surface area contributed by atoms with E-state index in [1.54, 1.807) is 29.2 Å². The maximum atomic E-state index is 12.7. The molecule has 1 fully saturated rings. The van der Waals surface area contributed by atoms with Crippen molar-refractivity contribution < 1.29 is 14.4 Å². The van der Waals surface area contributed by atoms with Gasteiger partial charge in [-0.05, 0) is 36.4 Å². The summed E-state index contributed by atoms with van der Waals surface area (Å²) in [6.07, 6.45) is 3.81. The fourth-order valence-corrected chi connectivity index (χ4v) is 3.91. The topological polar surface area (TPSA) is 91.6 Å². The smallest absolute Gasteiger partial charge is 0.262 e. The number of hydrogen-bond acceptors (Lipinski definition) is 6. The standard InChI is InChI=1S/C22H20N6O3/c29-20(15-28-21(30)16-5-1-2-6-17(16)22(28)31)27-13-11-26(12-14-27)19-8-7-18(23-24-19)25-9-3-4-10-25/h1-10H,11-15H2. The number of anilines is 1. The van der Waals surface area contributed by atoms with Gasteiger partial charge in [0.05, 0.1) is 11.1 Å². The maximum absolute atomic E-state index is 12.7. The molecule has 9 nitrogen and oxygen atoms in total. The lowest BCUT2D eigenvalue weighted by molar-refractivity contribution is -0.131. The van der Waals surface area contributed by atoms with Crippen LogP contribution in [-0.4, -0.2) is 75.0 Å². The number of piperazine rings is 1. The molecule has 5 rings (SSSR count). The Morgan fingerprint density at radius 2 is 1.35 bits per heavy atom. The fraction of sp³-hybridized carbons (Fsp3) is 0.227. The number of carbonyl (C=O) groups excluding carboxylic acids is 3. The van der Waals surface area contributed by atoms with Crippen LogP contribution in [0.4, 0.5) is 5.82 Å². The first kappa shape index (κ1) is 19.0. The molecule has 0 radical (unpaired) electrons. The molecule has 9 heteroatoms. The summed E-state index contributed by atoms with van der Waals surface area (Å²) in [5.74, 6) is 0.436. The average molecular weight is 416 g/mol. The van der Waals surface area contributed by atoms with Crippen molar-refractivity contribution in [3.8, 4) is 5.82 Å². The average Bonchev–Trinajstić information content (AvgIpc) is 3.44. The second kappa shape index (κ2) is 7.67. The zero-order valence-electron chi connectivity index (χ0n) is 16.7. The molecule has 0 N–H and O–H groups in total. The third-order valence-electron chi connectivity index (χ3n) is 5.63. The maximum Gasteiger partial charge on any atom is 0.262 e. The Balaban J connectivity index is 1.19. The minimum Gasteiger partial charge on any atom is -0.352 e. The van der Waals surface area contributed by atoms with Gasteiger partial charge in [0.1, 0.15) is 6.54 Å². The second-order valence-corrected chi connectivity index (χ2v) is 7.45. The molecule has 2 aliphatic heterocycles. The van der Waals surface area contributed by atoms with Crippen molar-refractivity contribution in [1.82, 2.24) is 24.6 Å². The molecule has 1 saturated heterocycles. The predicted molar refractivity (Wildman–Crippen MR) is 112 cm³/mol. The van der Waals surface area contributed by atoms with Crippen LogP contribution in [0.15, 0.2) is 60.9 Å². The summed E-state index contributed by atoms with van der Waals surface area (Å²) >= 11 is 0. The molecule has 2 aliphatic rings. The Kier molecular flexibility index (Phi) is 4.70. The van der Waals surface area contributed by atoms with Crippen LogP contribution in [-0.2, 0) is 4.79 Å². The van der Waals surface area contributed by atoms with Gasteiger partial charge in [0.2, 0.25) is 5.91 Å². The van der Waals surface area contributed by atoms with Crippen LogP contribution in [0.5, 0.6) is 0 Å². The van der Waals surface area contributed by atoms with Gasteiger partial charge >= 0.3 is 0 Å². The van der Waals surface area contributed by atoms with E-state index in [-0.39, 0.29) is 12.5 Å². The molecule has 0 spiro atoms. The summed E-state index contributed by atoms with van der Waals surface area (Å²) in [6, 6.07) is 14.3. The van der Waals surface area contributed by atoms with Crippen LogP contribution in [0.1, 0.15) is 20.7 Å². The van der Waals surface area contributed by atoms with Gasteiger partial charge in [0.25, 0.3) is 11.8 Å². The highest BCUT2D eigenvalue weighted by atomic mass is 16.2. The monoisotopic (exact) mass is 416 g/mol. The first-order chi connectivity index (χ1) is 15.1. The molecule has 1 aromatic carbocycles. The Morgan fingerprint density at radius 3 is 1.94 bits per heavy atom. The molecule has 0 atom stereocenters. The van der Waals surface area contributed by atoms with Gasteiger partial charge in [-0.1, -0.05) is 12.1 Å². The number of benzene rings is 1. The van der Waals surface area contributed by atoms with Crippen LogP contribution in [0, 0.1) is 0 Å². The Labute approximate surface area is 178 Å². The molecule has 0 saturated carbocycles. The predicted octanol–water partition coefficient (Wildman–Crippen LogP) is 1.21. The van der Waals surface area contributed by atoms with Crippen molar-refractivity contribution in [3.05, 3.63) is 72.1 Å². The van der Waals surface area contributed by atoms with E-state index in [4.69, 9.17) is 0 Å². The lowest BCUT2D eigenvalue weighted by Crippen LogP contribution is -2.52. The van der Waals surface area contributed by atoms with E-state index >= 15 is 0 Å². The van der Waals surface area contributed by atoms with Crippen LogP contribution in [0.2, 0.25) is 0 Å². The van der Waals surface area contributed by atoms with Crippen LogP contribution >= 0.6 is 0 Å². The summed E-state index contributed by atoms with van der Waals surface area (Å²) in [5, 5.41) is 8.57. The van der Waals surface area contributed by atoms with Crippen molar-refractivity contribution in [2.75, 3.05) is 37.6 Å². The highest BCUT2D eigenvalue weighted by Crippen LogP contribution is 2.22. The number of fused-ring (bicyclic) bond motifs is 1. The third kappa shape index (κ3) is 3.43. The Bertz CT molecular complexity index is 1100. The minimum absolute atomic E-state index is 0.233. The van der Waals surface area contributed by atoms with Gasteiger partial charge in [0, 0.05) is 38.6 Å². The SMILES string of the molecule is O=C(CN1C(=O)c2ccccc2C1=O)N1CCN(c2ccc(-n3cccc3)nn2)CC1. The van der Waals surface area contributed by atoms with Gasteiger partial charge in [-0.15, -0.1) is 10.2 Å². The quantitative estimate of drug-likeness (QED) is 0.594. The number of amides is 3. The van der Waals surface area contributed by atoms with E-state index in [0.29, 0.717) is 37.3 Å². The van der Waals surface area contributed by atoms with Gasteiger partial charge in [-0.2, -0.15) is 0 Å². The molecule has 3 amide bonds. The lowest BCUT2D eigenvalue weighted by Gasteiger charge is -2.35. The molecule has 0 bridgehead atoms. The van der Waals surface area contributed by atoms with Gasteiger partial charge in [-0.25, -0.2) is 0 Å². The first-order valence-corrected chi connectivity index (χ1v) is 10.1. The summed E-state index contributed by atoms with van der Waals surface area (Å²) in [4.78, 5) is 42.5. The van der Waals surface area contributed by atoms with Gasteiger partial charge < -0.3 is 14.4 Å². The highest BCUT2D eigenvalue weighted by molar-refractivity contribution is 6.22. The van der Waals surface area contributed by atoms with E-state index in [9.17, 15) is 14.4 Å². The van der Waals surface area contributed by atoms with Crippen molar-refractivity contribution in [1.29, 1.82) is 0 Å². The Hall–Kier alpha value is -4.01. The third-order valence-corrected chi connectivity index (χ3v) is 5.63. The van der Waals surface area contributed by atoms with Crippen LogP contribution in [0.3, 0.4) is 0 Å². The molecule has 156 valence electrons. The fourth-order valence-electron chi connectivity index (χ4n) is 3.91. The molecule has 31 heavy (non-hydrogen) atoms. The molecule has 3 aromatic rings. The largest absolute Gasteiger partial charge is 0.352 e. The molecule has 0 aliphatic carbocycles. The van der Waals surface area contributed by atoms with E-state index in [1.807, 2.05) is 41.2 Å². The zero-order chi connectivity index (χ0) is 21.4. The van der Waals surface area contributed by atoms with E-state index < -0.39 is 11.8 Å². The summed E-state index contributed by atoms with van der Waals surface area (Å²) in [6.45, 7) is 1.95. The number of carbonyl (C=O) groups is 3. The molecule has 0 unspecified atom stereocenters. The number of nitrogens with zero attached hydrogens (tertiary/aromatic N) is 6. The number of hydrogen-bond donors (Lipinski definition) is 0. The molecule has 2 aromatic heterocycles. The van der Waals surface area contributed by atoms with E-state index in [1.165, 1.54) is 0 Å². The highest BCUT2D eigenvalue weighted by Gasteiger charge is 2.37. The van der Waals surface area contributed by atoms with Crippen molar-refractivity contribution >= 4 is 23.5 Å². The Morgan fingerprint density at radius 1 is 0.774 bits per heavy atom. The van der Waals surface area contributed by atoms with Gasteiger partial charge in [-0.3, -0.25) is 19.3 Å². The molecule has 4 heterocycles. The van der Waals surface area contributed by atoms with Gasteiger partial charge in [0.15, 0.2) is 11.6 Å². The summed E-state index contributed by atoms with van der Waals surface area (Å²) in [7, 11) is 0. The van der Waals surface area contributed by atoms with Crippen LogP contribution < -0.4 is 4.90 Å². The number of rotatable bonds is 4. The first-order valence-electron chi connectivity index (χ1n) is 10.1. The zero-order valence-corrected chi connectivity index (χ0v) is 16.7. The number of aromatic nitrogens is 3. The second-order valence-electron chi connectivity index (χ2n) is 7.45. The van der Waals surface area contributed by atoms with Crippen molar-refractivity contribution in [2.45, 2.75) is 0 Å². The normalized spacial score (nSPS) is 16.1. The molecular formula is C22H20N6O3. The summed E-state index contributed by atoms with van der Waals surface area (Å²) < 4.78 is 1.88. The van der Waals surface area contributed by atoms with Crippen molar-refractivity contribution in [3.63, 3.8) is 0 Å². The number of imide groups is 1. The minimum atomic E-state index is -0.411. The van der Waals surface area contributed by atoms with Crippen molar-refractivity contribution in [2.24, 2.45) is 0 Å². The van der Waals surface area contributed by atoms with E-state index in [2.05, 4.69) is 15.1 Å². The summed E-state index contributed by atoms with van der Waals surface area (Å²) in [5.41, 5.74) is 0.708. The van der Waals surface area contributed by atoms with E-state index in [0.717, 1.165) is 16.5 Å². The lowest BCUT2D eigenvalue weighted by atomic mass is 10.1. The molecular weight excluding hydrogens is 396 g/mol.